The Kier molecular flexibility index (Phi) is 4.04. The molecule has 0 bridgehead atoms. The summed E-state index contributed by atoms with van der Waals surface area (Å²) in [4.78, 5) is 23.6. The van der Waals surface area contributed by atoms with Gasteiger partial charge in [-0.05, 0) is 25.0 Å². The number of benzene rings is 1. The van der Waals surface area contributed by atoms with Crippen LogP contribution >= 0.6 is 0 Å². The molecule has 102 valence electrons. The summed E-state index contributed by atoms with van der Waals surface area (Å²) in [5, 5.41) is 5.96. The van der Waals surface area contributed by atoms with Crippen LogP contribution in [0, 0.1) is 0 Å². The average Bonchev–Trinajstić information content (AvgIpc) is 2.45. The third-order valence-corrected chi connectivity index (χ3v) is 3.31. The van der Waals surface area contributed by atoms with E-state index in [1.165, 1.54) is 7.11 Å². The smallest absolute Gasteiger partial charge is 0.328 e. The minimum absolute atomic E-state index is 0.133. The monoisotopic (exact) mass is 262 g/mol. The van der Waals surface area contributed by atoms with Crippen LogP contribution in [0.2, 0.25) is 0 Å². The van der Waals surface area contributed by atoms with Gasteiger partial charge in [-0.15, -0.1) is 0 Å². The number of amides is 1. The lowest BCUT2D eigenvalue weighted by molar-refractivity contribution is -0.144. The van der Waals surface area contributed by atoms with Crippen LogP contribution in [0.1, 0.15) is 24.8 Å². The quantitative estimate of drug-likeness (QED) is 0.805. The molecule has 0 aliphatic carbocycles. The lowest BCUT2D eigenvalue weighted by Crippen LogP contribution is -2.42. The maximum atomic E-state index is 12.2. The molecule has 0 radical (unpaired) electrons. The predicted molar refractivity (Wildman–Crippen MR) is 71.9 cm³/mol. The number of esters is 1. The molecule has 0 aromatic heterocycles. The molecular weight excluding hydrogens is 244 g/mol. The fourth-order valence-corrected chi connectivity index (χ4v) is 2.29. The van der Waals surface area contributed by atoms with E-state index in [9.17, 15) is 9.59 Å². The van der Waals surface area contributed by atoms with Crippen molar-refractivity contribution in [2.75, 3.05) is 19.0 Å². The van der Waals surface area contributed by atoms with Crippen LogP contribution in [0.3, 0.4) is 0 Å². The fourth-order valence-electron chi connectivity index (χ4n) is 2.29. The minimum atomic E-state index is -0.625. The Bertz CT molecular complexity index is 487. The normalized spacial score (nSPS) is 18.7. The highest BCUT2D eigenvalue weighted by Gasteiger charge is 2.28. The summed E-state index contributed by atoms with van der Waals surface area (Å²) in [6, 6.07) is 7.12. The summed E-state index contributed by atoms with van der Waals surface area (Å²) in [5.41, 5.74) is 1.96. The molecular formula is C14H18N2O3. The van der Waals surface area contributed by atoms with E-state index in [-0.39, 0.29) is 11.8 Å². The molecule has 0 saturated heterocycles. The number of ether oxygens (including phenoxy) is 1. The van der Waals surface area contributed by atoms with E-state index in [0.29, 0.717) is 0 Å². The molecule has 2 atom stereocenters. The Morgan fingerprint density at radius 2 is 2.16 bits per heavy atom. The van der Waals surface area contributed by atoms with Gasteiger partial charge in [-0.3, -0.25) is 4.79 Å². The van der Waals surface area contributed by atoms with Gasteiger partial charge in [0.25, 0.3) is 0 Å². The van der Waals surface area contributed by atoms with Crippen molar-refractivity contribution in [1.29, 1.82) is 0 Å². The lowest BCUT2D eigenvalue weighted by atomic mass is 9.90. The summed E-state index contributed by atoms with van der Waals surface area (Å²) in [7, 11) is 1.31. The largest absolute Gasteiger partial charge is 0.467 e. The molecule has 0 fully saturated rings. The topological polar surface area (TPSA) is 67.4 Å². The summed E-state index contributed by atoms with van der Waals surface area (Å²) < 4.78 is 4.60. The SMILES string of the molecule is COC(=O)[C@H](C)NC(=O)C1CCNc2ccccc21. The molecule has 1 heterocycles. The van der Waals surface area contributed by atoms with Crippen LogP contribution in [-0.2, 0) is 14.3 Å². The van der Waals surface area contributed by atoms with Gasteiger partial charge in [-0.2, -0.15) is 0 Å². The van der Waals surface area contributed by atoms with Crippen molar-refractivity contribution >= 4 is 17.6 Å². The number of fused-ring (bicyclic) bond motifs is 1. The van der Waals surface area contributed by atoms with Crippen molar-refractivity contribution in [1.82, 2.24) is 5.32 Å². The second-order valence-corrected chi connectivity index (χ2v) is 4.61. The average molecular weight is 262 g/mol. The Balaban J connectivity index is 2.11. The number of methoxy groups -OCH3 is 1. The Morgan fingerprint density at radius 1 is 1.42 bits per heavy atom. The van der Waals surface area contributed by atoms with E-state index in [0.717, 1.165) is 24.2 Å². The van der Waals surface area contributed by atoms with Gasteiger partial charge < -0.3 is 15.4 Å². The van der Waals surface area contributed by atoms with Crippen molar-refractivity contribution in [2.45, 2.75) is 25.3 Å². The third kappa shape index (κ3) is 2.86. The standard InChI is InChI=1S/C14H18N2O3/c1-9(14(18)19-2)16-13(17)11-7-8-15-12-6-4-3-5-10(11)12/h3-6,9,11,15H,7-8H2,1-2H3,(H,16,17)/t9-,11?/m0/s1. The van der Waals surface area contributed by atoms with Crippen LogP contribution in [0.5, 0.6) is 0 Å². The van der Waals surface area contributed by atoms with E-state index in [4.69, 9.17) is 0 Å². The van der Waals surface area contributed by atoms with E-state index in [1.54, 1.807) is 6.92 Å². The summed E-state index contributed by atoms with van der Waals surface area (Å²) in [6.07, 6.45) is 0.719. The number of rotatable bonds is 3. The van der Waals surface area contributed by atoms with Gasteiger partial charge in [0, 0.05) is 12.2 Å². The predicted octanol–water partition coefficient (Wildman–Crippen LogP) is 1.26. The number of nitrogens with one attached hydrogen (secondary N) is 2. The van der Waals surface area contributed by atoms with E-state index in [1.807, 2.05) is 24.3 Å². The highest BCUT2D eigenvalue weighted by atomic mass is 16.5. The highest BCUT2D eigenvalue weighted by molar-refractivity contribution is 5.90. The lowest BCUT2D eigenvalue weighted by Gasteiger charge is -2.26. The Hall–Kier alpha value is -2.04. The van der Waals surface area contributed by atoms with Crippen LogP contribution in [0.4, 0.5) is 5.69 Å². The maximum absolute atomic E-state index is 12.2. The third-order valence-electron chi connectivity index (χ3n) is 3.31. The number of anilines is 1. The molecule has 0 spiro atoms. The summed E-state index contributed by atoms with van der Waals surface area (Å²) in [5.74, 6) is -0.785. The van der Waals surface area contributed by atoms with Crippen molar-refractivity contribution in [3.8, 4) is 0 Å². The van der Waals surface area contributed by atoms with E-state index in [2.05, 4.69) is 15.4 Å². The van der Waals surface area contributed by atoms with E-state index < -0.39 is 12.0 Å². The number of hydrogen-bond donors (Lipinski definition) is 2. The first kappa shape index (κ1) is 13.4. The number of carbonyl (C=O) groups excluding carboxylic acids is 2. The molecule has 1 aromatic rings. The highest BCUT2D eigenvalue weighted by Crippen LogP contribution is 2.31. The zero-order valence-electron chi connectivity index (χ0n) is 11.1. The fraction of sp³-hybridized carbons (Fsp3) is 0.429. The van der Waals surface area contributed by atoms with Crippen molar-refractivity contribution in [2.24, 2.45) is 0 Å². The van der Waals surface area contributed by atoms with Gasteiger partial charge in [0.15, 0.2) is 0 Å². The molecule has 0 saturated carbocycles. The van der Waals surface area contributed by atoms with Crippen molar-refractivity contribution in [3.05, 3.63) is 29.8 Å². The molecule has 1 aliphatic heterocycles. The van der Waals surface area contributed by atoms with Crippen molar-refractivity contribution < 1.29 is 14.3 Å². The first-order chi connectivity index (χ1) is 9.13. The van der Waals surface area contributed by atoms with Gasteiger partial charge in [0.1, 0.15) is 6.04 Å². The number of para-hydroxylation sites is 1. The van der Waals surface area contributed by atoms with Gasteiger partial charge >= 0.3 is 5.97 Å². The van der Waals surface area contributed by atoms with Crippen molar-refractivity contribution in [3.63, 3.8) is 0 Å². The first-order valence-corrected chi connectivity index (χ1v) is 6.34. The van der Waals surface area contributed by atoms with Gasteiger partial charge in [-0.1, -0.05) is 18.2 Å². The minimum Gasteiger partial charge on any atom is -0.467 e. The number of hydrogen-bond acceptors (Lipinski definition) is 4. The summed E-state index contributed by atoms with van der Waals surface area (Å²) in [6.45, 7) is 2.37. The van der Waals surface area contributed by atoms with Gasteiger partial charge in [0.05, 0.1) is 13.0 Å². The molecule has 1 aliphatic rings. The Morgan fingerprint density at radius 3 is 2.89 bits per heavy atom. The van der Waals surface area contributed by atoms with Crippen LogP contribution in [-0.4, -0.2) is 31.6 Å². The van der Waals surface area contributed by atoms with Crippen LogP contribution in [0.25, 0.3) is 0 Å². The zero-order valence-corrected chi connectivity index (χ0v) is 11.1. The second-order valence-electron chi connectivity index (χ2n) is 4.61. The molecule has 19 heavy (non-hydrogen) atoms. The molecule has 5 nitrogen and oxygen atoms in total. The van der Waals surface area contributed by atoms with E-state index >= 15 is 0 Å². The number of carbonyl (C=O) groups is 2. The Labute approximate surface area is 112 Å². The molecule has 2 rings (SSSR count). The van der Waals surface area contributed by atoms with Gasteiger partial charge in [0.2, 0.25) is 5.91 Å². The van der Waals surface area contributed by atoms with Gasteiger partial charge in [-0.25, -0.2) is 4.79 Å². The molecule has 1 unspecified atom stereocenters. The maximum Gasteiger partial charge on any atom is 0.328 e. The second kappa shape index (κ2) is 5.73. The molecule has 2 N–H and O–H groups in total. The molecule has 5 heteroatoms. The molecule has 1 amide bonds. The van der Waals surface area contributed by atoms with Crippen LogP contribution < -0.4 is 10.6 Å². The zero-order chi connectivity index (χ0) is 13.8. The molecule has 1 aromatic carbocycles. The van der Waals surface area contributed by atoms with Crippen LogP contribution in [0.15, 0.2) is 24.3 Å². The summed E-state index contributed by atoms with van der Waals surface area (Å²) >= 11 is 0. The first-order valence-electron chi connectivity index (χ1n) is 6.34.